The second kappa shape index (κ2) is 17.5. The van der Waals surface area contributed by atoms with Crippen LogP contribution in [0.15, 0.2) is 74.8 Å². The fourth-order valence-corrected chi connectivity index (χ4v) is 5.87. The fourth-order valence-electron chi connectivity index (χ4n) is 4.78. The normalized spacial score (nSPS) is 13.7. The Morgan fingerprint density at radius 1 is 1.06 bits per heavy atom. The molecule has 2 unspecified atom stereocenters. The maximum Gasteiger partial charge on any atom is 0.453 e. The Morgan fingerprint density at radius 3 is 2.45 bits per heavy atom. The van der Waals surface area contributed by atoms with Gasteiger partial charge in [-0.05, 0) is 69.4 Å². The van der Waals surface area contributed by atoms with E-state index in [0.717, 1.165) is 24.2 Å². The number of aliphatic hydroxyl groups is 1. The van der Waals surface area contributed by atoms with Crippen LogP contribution in [0, 0.1) is 0 Å². The number of aromatic hydroxyl groups is 1. The summed E-state index contributed by atoms with van der Waals surface area (Å²) >= 11 is 0.911. The number of unbranched alkanes of at least 4 members (excludes halogenated alkanes) is 2. The minimum absolute atomic E-state index is 0.0724. The van der Waals surface area contributed by atoms with Crippen molar-refractivity contribution in [2.45, 2.75) is 87.1 Å². The Balaban J connectivity index is 1.65. The molecule has 0 fully saturated rings. The third kappa shape index (κ3) is 10.9. The number of allylic oxidation sites excluding steroid dienone is 3. The van der Waals surface area contributed by atoms with E-state index in [1.165, 1.54) is 43.3 Å². The van der Waals surface area contributed by atoms with E-state index < -0.39 is 53.5 Å². The molecule has 266 valence electrons. The van der Waals surface area contributed by atoms with Crippen LogP contribution in [0.25, 0.3) is 11.0 Å². The molecule has 1 aromatic heterocycles. The molecule has 2 aromatic carbocycles. The molecule has 3 N–H and O–H groups in total. The number of benzene rings is 2. The second-order valence-electron chi connectivity index (χ2n) is 11.2. The SMILES string of the molecule is CCCc1c(OCCCC/C=C\C=C\C(Sc2ccc3c(=O)cc(C(=O)O)oc3c2)C(O)CCC(F)(F)C(F)(F)F)ccc(C(C)=O)c1O. The van der Waals surface area contributed by atoms with Crippen molar-refractivity contribution < 1.29 is 56.0 Å². The van der Waals surface area contributed by atoms with Crippen LogP contribution >= 0.6 is 11.8 Å². The van der Waals surface area contributed by atoms with Crippen molar-refractivity contribution in [1.82, 2.24) is 0 Å². The van der Waals surface area contributed by atoms with Gasteiger partial charge in [-0.25, -0.2) is 4.79 Å². The number of hydrogen-bond acceptors (Lipinski definition) is 8. The summed E-state index contributed by atoms with van der Waals surface area (Å²) in [7, 11) is 0. The highest BCUT2D eigenvalue weighted by Gasteiger charge is 2.56. The number of rotatable bonds is 18. The van der Waals surface area contributed by atoms with E-state index >= 15 is 0 Å². The molecule has 0 bridgehead atoms. The number of aliphatic hydroxyl groups excluding tert-OH is 1. The Kier molecular flexibility index (Phi) is 14.0. The second-order valence-corrected chi connectivity index (χ2v) is 12.5. The summed E-state index contributed by atoms with van der Waals surface area (Å²) in [6.07, 6.45) is -0.232. The lowest BCUT2D eigenvalue weighted by atomic mass is 10.0. The monoisotopic (exact) mass is 712 g/mol. The van der Waals surface area contributed by atoms with Gasteiger partial charge in [0.15, 0.2) is 11.2 Å². The van der Waals surface area contributed by atoms with E-state index in [4.69, 9.17) is 9.15 Å². The Bertz CT molecular complexity index is 1730. The van der Waals surface area contributed by atoms with Crippen molar-refractivity contribution in [1.29, 1.82) is 0 Å². The standard InChI is InChI=1S/C35H37F5O8S/c1-3-10-25-28(15-14-23(21(2)41)32(25)44)47-18-9-7-5-4-6-8-11-31(26(42)16-17-34(36,37)35(38,39)40)49-22-12-13-24-27(43)20-30(33(45)46)48-29(24)19-22/h4,6,8,11-15,19-20,26,31,42,44H,3,5,7,9-10,16-18H2,1-2H3,(H,45,46)/b6-4-,11-8+. The average molecular weight is 713 g/mol. The van der Waals surface area contributed by atoms with Crippen molar-refractivity contribution in [2.24, 2.45) is 0 Å². The number of carboxylic acid groups (broad SMARTS) is 1. The molecule has 1 heterocycles. The first-order valence-electron chi connectivity index (χ1n) is 15.5. The minimum Gasteiger partial charge on any atom is -0.507 e. The predicted octanol–water partition coefficient (Wildman–Crippen LogP) is 8.51. The first kappa shape index (κ1) is 39.3. The van der Waals surface area contributed by atoms with Crippen molar-refractivity contribution in [3.63, 3.8) is 0 Å². The van der Waals surface area contributed by atoms with Gasteiger partial charge < -0.3 is 24.5 Å². The molecule has 0 aliphatic rings. The number of thioether (sulfide) groups is 1. The van der Waals surface area contributed by atoms with E-state index in [9.17, 15) is 51.7 Å². The van der Waals surface area contributed by atoms with Gasteiger partial charge in [-0.15, -0.1) is 11.8 Å². The van der Waals surface area contributed by atoms with Crippen LogP contribution in [0.1, 0.15) is 78.8 Å². The van der Waals surface area contributed by atoms with E-state index in [-0.39, 0.29) is 28.1 Å². The van der Waals surface area contributed by atoms with Crippen LogP contribution in [-0.4, -0.2) is 57.1 Å². The summed E-state index contributed by atoms with van der Waals surface area (Å²) in [6.45, 7) is 3.68. The van der Waals surface area contributed by atoms with E-state index in [1.807, 2.05) is 6.92 Å². The molecule has 14 heteroatoms. The molecule has 49 heavy (non-hydrogen) atoms. The third-order valence-corrected chi connectivity index (χ3v) is 8.69. The number of phenols is 1. The van der Waals surface area contributed by atoms with Crippen molar-refractivity contribution >= 4 is 34.5 Å². The summed E-state index contributed by atoms with van der Waals surface area (Å²) in [5, 5.41) is 29.4. The van der Waals surface area contributed by atoms with Crippen molar-refractivity contribution in [3.05, 3.63) is 87.8 Å². The molecule has 0 spiro atoms. The zero-order chi connectivity index (χ0) is 36.4. The van der Waals surface area contributed by atoms with E-state index in [0.29, 0.717) is 48.5 Å². The fraction of sp³-hybridized carbons (Fsp3) is 0.400. The number of carbonyl (C=O) groups excluding carboxylic acids is 1. The summed E-state index contributed by atoms with van der Waals surface area (Å²) in [5.41, 5.74) is 0.129. The number of Topliss-reactive ketones (excluding diaryl/α,β-unsaturated/α-hetero) is 1. The van der Waals surface area contributed by atoms with Crippen molar-refractivity contribution in [2.75, 3.05) is 6.61 Å². The Hall–Kier alpha value is -4.17. The maximum absolute atomic E-state index is 13.6. The first-order valence-corrected chi connectivity index (χ1v) is 16.4. The molecule has 8 nitrogen and oxygen atoms in total. The number of halogens is 5. The van der Waals surface area contributed by atoms with Gasteiger partial charge >= 0.3 is 18.1 Å². The number of phenolic OH excluding ortho intramolecular Hbond substituents is 1. The third-order valence-electron chi connectivity index (χ3n) is 7.42. The van der Waals surface area contributed by atoms with E-state index in [2.05, 4.69) is 0 Å². The highest BCUT2D eigenvalue weighted by Crippen LogP contribution is 2.40. The minimum atomic E-state index is -5.77. The van der Waals surface area contributed by atoms with Gasteiger partial charge in [-0.3, -0.25) is 9.59 Å². The molecule has 0 aliphatic carbocycles. The topological polar surface area (TPSA) is 134 Å². The molecule has 3 rings (SSSR count). The van der Waals surface area contributed by atoms with Crippen LogP contribution in [0.2, 0.25) is 0 Å². The highest BCUT2D eigenvalue weighted by molar-refractivity contribution is 8.00. The largest absolute Gasteiger partial charge is 0.507 e. The lowest BCUT2D eigenvalue weighted by Crippen LogP contribution is -2.37. The van der Waals surface area contributed by atoms with Crippen molar-refractivity contribution in [3.8, 4) is 11.5 Å². The number of fused-ring (bicyclic) bond motifs is 1. The number of hydrogen-bond donors (Lipinski definition) is 3. The van der Waals surface area contributed by atoms with E-state index in [1.54, 1.807) is 18.2 Å². The lowest BCUT2D eigenvalue weighted by molar-refractivity contribution is -0.285. The number of ketones is 1. The maximum atomic E-state index is 13.6. The van der Waals surface area contributed by atoms with Gasteiger partial charge in [0, 0.05) is 22.9 Å². The number of ether oxygens (including phenoxy) is 1. The molecule has 0 amide bonds. The van der Waals surface area contributed by atoms with Gasteiger partial charge in [0.05, 0.1) is 28.9 Å². The summed E-state index contributed by atoms with van der Waals surface area (Å²) < 4.78 is 76.5. The highest BCUT2D eigenvalue weighted by atomic mass is 32.2. The molecular weight excluding hydrogens is 675 g/mol. The molecule has 0 saturated heterocycles. The molecule has 3 aromatic rings. The Labute approximate surface area is 283 Å². The smallest absolute Gasteiger partial charge is 0.453 e. The van der Waals surface area contributed by atoms with Crippen LogP contribution in [-0.2, 0) is 6.42 Å². The molecule has 2 atom stereocenters. The van der Waals surface area contributed by atoms with Gasteiger partial charge in [0.25, 0.3) is 0 Å². The molecule has 0 saturated carbocycles. The Morgan fingerprint density at radius 2 is 1.80 bits per heavy atom. The van der Waals surface area contributed by atoms with Crippen LogP contribution < -0.4 is 10.2 Å². The van der Waals surface area contributed by atoms with Crippen LogP contribution in [0.5, 0.6) is 11.5 Å². The number of carboxylic acids is 1. The van der Waals surface area contributed by atoms with Gasteiger partial charge in [-0.2, -0.15) is 22.0 Å². The number of carbonyl (C=O) groups is 2. The summed E-state index contributed by atoms with van der Waals surface area (Å²) in [4.78, 5) is 35.7. The van der Waals surface area contributed by atoms with Gasteiger partial charge in [-0.1, -0.05) is 37.6 Å². The number of aromatic carboxylic acids is 1. The zero-order valence-corrected chi connectivity index (χ0v) is 27.6. The zero-order valence-electron chi connectivity index (χ0n) is 26.8. The van der Waals surface area contributed by atoms with Crippen LogP contribution in [0.4, 0.5) is 22.0 Å². The molecule has 0 aliphatic heterocycles. The lowest BCUT2D eigenvalue weighted by Gasteiger charge is -2.24. The summed E-state index contributed by atoms with van der Waals surface area (Å²) in [6, 6.07) is 8.16. The van der Waals surface area contributed by atoms with Gasteiger partial charge in [0.2, 0.25) is 5.76 Å². The van der Waals surface area contributed by atoms with Crippen LogP contribution in [0.3, 0.4) is 0 Å². The quantitative estimate of drug-likeness (QED) is 0.0390. The van der Waals surface area contributed by atoms with Gasteiger partial charge in [0.1, 0.15) is 17.1 Å². The number of alkyl halides is 5. The average Bonchev–Trinajstić information content (AvgIpc) is 3.02. The summed E-state index contributed by atoms with van der Waals surface area (Å²) in [5.74, 6) is -6.88. The predicted molar refractivity (Wildman–Crippen MR) is 175 cm³/mol. The first-order chi connectivity index (χ1) is 23.1. The molecular formula is C35H37F5O8S. The molecule has 0 radical (unpaired) electrons.